The second-order valence-electron chi connectivity index (χ2n) is 3.64. The van der Waals surface area contributed by atoms with Crippen LogP contribution in [0.4, 0.5) is 0 Å². The van der Waals surface area contributed by atoms with Crippen molar-refractivity contribution in [3.8, 4) is 0 Å². The SMILES string of the molecule is CSc1nccc(C2SC(C)=CC2C)n1. The molecule has 0 amide bonds. The molecule has 0 saturated heterocycles. The lowest BCUT2D eigenvalue weighted by molar-refractivity contribution is 0.687. The monoisotopic (exact) mass is 238 g/mol. The summed E-state index contributed by atoms with van der Waals surface area (Å²) in [4.78, 5) is 10.2. The molecule has 80 valence electrons. The van der Waals surface area contributed by atoms with E-state index in [1.807, 2.05) is 30.3 Å². The van der Waals surface area contributed by atoms with E-state index >= 15 is 0 Å². The summed E-state index contributed by atoms with van der Waals surface area (Å²) in [5, 5.41) is 1.34. The standard InChI is InChI=1S/C11H14N2S2/c1-7-6-8(2)15-10(7)9-4-5-12-11(13-9)14-3/h4-7,10H,1-3H3. The molecule has 1 aromatic heterocycles. The van der Waals surface area contributed by atoms with Gasteiger partial charge in [0.2, 0.25) is 0 Å². The Morgan fingerprint density at radius 1 is 1.47 bits per heavy atom. The molecule has 1 aromatic rings. The minimum absolute atomic E-state index is 0.471. The summed E-state index contributed by atoms with van der Waals surface area (Å²) >= 11 is 3.50. The molecule has 0 N–H and O–H groups in total. The maximum absolute atomic E-state index is 4.56. The molecule has 0 bridgehead atoms. The zero-order chi connectivity index (χ0) is 10.8. The summed E-state index contributed by atoms with van der Waals surface area (Å²) < 4.78 is 0. The van der Waals surface area contributed by atoms with E-state index in [0.717, 1.165) is 10.9 Å². The zero-order valence-corrected chi connectivity index (χ0v) is 10.7. The summed E-state index contributed by atoms with van der Waals surface area (Å²) in [5.41, 5.74) is 1.15. The van der Waals surface area contributed by atoms with E-state index in [1.165, 1.54) is 4.91 Å². The highest BCUT2D eigenvalue weighted by molar-refractivity contribution is 8.03. The molecule has 2 nitrogen and oxygen atoms in total. The van der Waals surface area contributed by atoms with Crippen LogP contribution < -0.4 is 0 Å². The first kappa shape index (κ1) is 11.0. The van der Waals surface area contributed by atoms with E-state index in [0.29, 0.717) is 11.2 Å². The number of nitrogens with zero attached hydrogens (tertiary/aromatic N) is 2. The van der Waals surface area contributed by atoms with Gasteiger partial charge in [0, 0.05) is 6.20 Å². The largest absolute Gasteiger partial charge is 0.231 e. The molecule has 0 radical (unpaired) electrons. The average molecular weight is 238 g/mol. The molecule has 2 atom stereocenters. The summed E-state index contributed by atoms with van der Waals surface area (Å²) in [7, 11) is 0. The maximum atomic E-state index is 4.56. The lowest BCUT2D eigenvalue weighted by Gasteiger charge is -2.14. The number of thioether (sulfide) groups is 2. The predicted octanol–water partition coefficient (Wildman–Crippen LogP) is 3.53. The summed E-state index contributed by atoms with van der Waals surface area (Å²) in [6, 6.07) is 2.03. The van der Waals surface area contributed by atoms with Crippen molar-refractivity contribution in [1.29, 1.82) is 0 Å². The van der Waals surface area contributed by atoms with Gasteiger partial charge in [-0.25, -0.2) is 9.97 Å². The van der Waals surface area contributed by atoms with Crippen LogP contribution in [0.1, 0.15) is 24.8 Å². The molecular formula is C11H14N2S2. The maximum Gasteiger partial charge on any atom is 0.187 e. The Kier molecular flexibility index (Phi) is 3.36. The van der Waals surface area contributed by atoms with Crippen molar-refractivity contribution < 1.29 is 0 Å². The minimum atomic E-state index is 0.471. The highest BCUT2D eigenvalue weighted by atomic mass is 32.2. The lowest BCUT2D eigenvalue weighted by atomic mass is 10.1. The molecule has 2 rings (SSSR count). The Labute approximate surface area is 99.0 Å². The number of aromatic nitrogens is 2. The summed E-state index contributed by atoms with van der Waals surface area (Å²) in [5.74, 6) is 0.569. The van der Waals surface area contributed by atoms with Crippen molar-refractivity contribution in [2.45, 2.75) is 24.3 Å². The van der Waals surface area contributed by atoms with E-state index < -0.39 is 0 Å². The van der Waals surface area contributed by atoms with Crippen LogP contribution in [-0.2, 0) is 0 Å². The molecular weight excluding hydrogens is 224 g/mol. The third kappa shape index (κ3) is 2.37. The van der Waals surface area contributed by atoms with Crippen LogP contribution in [0, 0.1) is 5.92 Å². The van der Waals surface area contributed by atoms with Crippen LogP contribution in [0.15, 0.2) is 28.4 Å². The van der Waals surface area contributed by atoms with E-state index in [-0.39, 0.29) is 0 Å². The Morgan fingerprint density at radius 2 is 2.27 bits per heavy atom. The second-order valence-corrected chi connectivity index (χ2v) is 5.80. The fourth-order valence-electron chi connectivity index (χ4n) is 1.74. The topological polar surface area (TPSA) is 25.8 Å². The molecule has 0 spiro atoms. The van der Waals surface area contributed by atoms with E-state index in [9.17, 15) is 0 Å². The molecule has 2 heterocycles. The van der Waals surface area contributed by atoms with Gasteiger partial charge in [-0.05, 0) is 30.1 Å². The van der Waals surface area contributed by atoms with Gasteiger partial charge in [-0.2, -0.15) is 0 Å². The van der Waals surface area contributed by atoms with Gasteiger partial charge in [0.1, 0.15) is 0 Å². The second kappa shape index (κ2) is 4.58. The Hall–Kier alpha value is -0.480. The van der Waals surface area contributed by atoms with Crippen LogP contribution in [0.25, 0.3) is 0 Å². The zero-order valence-electron chi connectivity index (χ0n) is 9.10. The number of rotatable bonds is 2. The molecule has 0 fully saturated rings. The van der Waals surface area contributed by atoms with Crippen LogP contribution >= 0.6 is 23.5 Å². The molecule has 15 heavy (non-hydrogen) atoms. The number of hydrogen-bond donors (Lipinski definition) is 0. The molecule has 4 heteroatoms. The van der Waals surface area contributed by atoms with Gasteiger partial charge < -0.3 is 0 Å². The Balaban J connectivity index is 2.23. The van der Waals surface area contributed by atoms with Crippen LogP contribution in [-0.4, -0.2) is 16.2 Å². The van der Waals surface area contributed by atoms with Gasteiger partial charge in [0.25, 0.3) is 0 Å². The van der Waals surface area contributed by atoms with Gasteiger partial charge in [-0.1, -0.05) is 24.8 Å². The van der Waals surface area contributed by atoms with Gasteiger partial charge in [-0.15, -0.1) is 11.8 Å². The van der Waals surface area contributed by atoms with Gasteiger partial charge in [0.15, 0.2) is 5.16 Å². The normalized spacial score (nSPS) is 25.4. The van der Waals surface area contributed by atoms with Crippen molar-refractivity contribution >= 4 is 23.5 Å². The number of hydrogen-bond acceptors (Lipinski definition) is 4. The van der Waals surface area contributed by atoms with Crippen LogP contribution in [0.5, 0.6) is 0 Å². The van der Waals surface area contributed by atoms with Gasteiger partial charge in [-0.3, -0.25) is 0 Å². The van der Waals surface area contributed by atoms with Crippen molar-refractivity contribution in [3.63, 3.8) is 0 Å². The fraction of sp³-hybridized carbons (Fsp3) is 0.455. The average Bonchev–Trinajstić information content (AvgIpc) is 2.58. The smallest absolute Gasteiger partial charge is 0.187 e. The first-order valence-corrected chi connectivity index (χ1v) is 7.03. The minimum Gasteiger partial charge on any atom is -0.231 e. The Bertz CT molecular complexity index is 390. The third-order valence-corrected chi connectivity index (χ3v) is 4.41. The highest BCUT2D eigenvalue weighted by Crippen LogP contribution is 2.46. The van der Waals surface area contributed by atoms with Crippen LogP contribution in [0.3, 0.4) is 0 Å². The van der Waals surface area contributed by atoms with Gasteiger partial charge >= 0.3 is 0 Å². The molecule has 0 aromatic carbocycles. The van der Waals surface area contributed by atoms with E-state index in [1.54, 1.807) is 11.8 Å². The first-order valence-electron chi connectivity index (χ1n) is 4.92. The number of allylic oxidation sites excluding steroid dienone is 2. The van der Waals surface area contributed by atoms with Crippen molar-refractivity contribution in [2.24, 2.45) is 5.92 Å². The van der Waals surface area contributed by atoms with Crippen molar-refractivity contribution in [1.82, 2.24) is 9.97 Å². The van der Waals surface area contributed by atoms with Crippen LogP contribution in [0.2, 0.25) is 0 Å². The van der Waals surface area contributed by atoms with E-state index in [2.05, 4.69) is 29.9 Å². The Morgan fingerprint density at radius 3 is 2.87 bits per heavy atom. The summed E-state index contributed by atoms with van der Waals surface area (Å²) in [6.45, 7) is 4.41. The van der Waals surface area contributed by atoms with Crippen molar-refractivity contribution in [2.75, 3.05) is 6.26 Å². The fourth-order valence-corrected chi connectivity index (χ4v) is 3.35. The van der Waals surface area contributed by atoms with Crippen molar-refractivity contribution in [3.05, 3.63) is 28.9 Å². The first-order chi connectivity index (χ1) is 7.20. The lowest BCUT2D eigenvalue weighted by Crippen LogP contribution is -2.03. The predicted molar refractivity (Wildman–Crippen MR) is 67.1 cm³/mol. The van der Waals surface area contributed by atoms with Gasteiger partial charge in [0.05, 0.1) is 10.9 Å². The highest BCUT2D eigenvalue weighted by Gasteiger charge is 2.25. The summed E-state index contributed by atoms with van der Waals surface area (Å²) in [6.07, 6.45) is 6.18. The van der Waals surface area contributed by atoms with E-state index in [4.69, 9.17) is 0 Å². The molecule has 1 aliphatic rings. The molecule has 0 aliphatic carbocycles. The molecule has 2 unspecified atom stereocenters. The quantitative estimate of drug-likeness (QED) is 0.581. The molecule has 0 saturated carbocycles. The molecule has 1 aliphatic heterocycles. The third-order valence-electron chi connectivity index (χ3n) is 2.42.